The highest BCUT2D eigenvalue weighted by Gasteiger charge is 2.09. The normalized spacial score (nSPS) is 10.0. The molecule has 19 heavy (non-hydrogen) atoms. The van der Waals surface area contributed by atoms with Crippen LogP contribution in [-0.4, -0.2) is 21.8 Å². The fourth-order valence-corrected chi connectivity index (χ4v) is 1.61. The molecule has 1 aromatic carbocycles. The molecule has 0 aliphatic heterocycles. The summed E-state index contributed by atoms with van der Waals surface area (Å²) in [6.07, 6.45) is 2.89. The molecule has 0 bridgehead atoms. The summed E-state index contributed by atoms with van der Waals surface area (Å²) in [7, 11) is 0. The summed E-state index contributed by atoms with van der Waals surface area (Å²) in [4.78, 5) is 29.4. The number of H-pyrrole nitrogens is 1. The van der Waals surface area contributed by atoms with E-state index < -0.39 is 0 Å². The van der Waals surface area contributed by atoms with Gasteiger partial charge in [0.15, 0.2) is 0 Å². The number of hydrogen-bond acceptors (Lipinski definition) is 3. The number of carbonyl (C=O) groups is 2. The van der Waals surface area contributed by atoms with Crippen molar-refractivity contribution in [1.29, 1.82) is 0 Å². The van der Waals surface area contributed by atoms with Gasteiger partial charge in [0.2, 0.25) is 5.91 Å². The summed E-state index contributed by atoms with van der Waals surface area (Å²) in [5.74, 6) is -0.435. The number of anilines is 2. The van der Waals surface area contributed by atoms with Gasteiger partial charge >= 0.3 is 0 Å². The Morgan fingerprint density at radius 2 is 2.05 bits per heavy atom. The van der Waals surface area contributed by atoms with Gasteiger partial charge in [0.25, 0.3) is 5.91 Å². The molecule has 0 fully saturated rings. The molecule has 0 atom stereocenters. The Labute approximate surface area is 110 Å². The van der Waals surface area contributed by atoms with Gasteiger partial charge in [0.1, 0.15) is 5.69 Å². The number of benzene rings is 1. The number of nitrogens with zero attached hydrogens (tertiary/aromatic N) is 1. The van der Waals surface area contributed by atoms with Crippen molar-refractivity contribution in [3.63, 3.8) is 0 Å². The van der Waals surface area contributed by atoms with Crippen LogP contribution in [0.3, 0.4) is 0 Å². The fourth-order valence-electron chi connectivity index (χ4n) is 1.61. The van der Waals surface area contributed by atoms with E-state index in [1.54, 1.807) is 12.1 Å². The van der Waals surface area contributed by atoms with Gasteiger partial charge in [-0.1, -0.05) is 6.07 Å². The van der Waals surface area contributed by atoms with Gasteiger partial charge in [-0.3, -0.25) is 9.59 Å². The maximum Gasteiger partial charge on any atom is 0.273 e. The number of aryl methyl sites for hydroxylation is 1. The van der Waals surface area contributed by atoms with E-state index in [-0.39, 0.29) is 11.8 Å². The van der Waals surface area contributed by atoms with Crippen LogP contribution >= 0.6 is 0 Å². The van der Waals surface area contributed by atoms with Gasteiger partial charge in [0.05, 0.1) is 12.5 Å². The lowest BCUT2D eigenvalue weighted by atomic mass is 10.1. The monoisotopic (exact) mass is 258 g/mol. The predicted molar refractivity (Wildman–Crippen MR) is 72.0 cm³/mol. The molecule has 0 aliphatic rings. The highest BCUT2D eigenvalue weighted by molar-refractivity contribution is 6.03. The first-order valence-electron chi connectivity index (χ1n) is 5.74. The molecule has 0 spiro atoms. The molecule has 0 saturated heterocycles. The summed E-state index contributed by atoms with van der Waals surface area (Å²) in [5, 5.41) is 5.43. The number of aromatic amines is 1. The number of nitrogens with one attached hydrogen (secondary N) is 3. The summed E-state index contributed by atoms with van der Waals surface area (Å²) in [6, 6.07) is 5.32. The average molecular weight is 258 g/mol. The van der Waals surface area contributed by atoms with Crippen LogP contribution < -0.4 is 10.6 Å². The van der Waals surface area contributed by atoms with Crippen LogP contribution in [0.4, 0.5) is 11.4 Å². The van der Waals surface area contributed by atoms with E-state index in [2.05, 4.69) is 20.6 Å². The van der Waals surface area contributed by atoms with Crippen molar-refractivity contribution in [3.05, 3.63) is 42.0 Å². The van der Waals surface area contributed by atoms with Crippen LogP contribution in [0.15, 0.2) is 30.7 Å². The Balaban J connectivity index is 2.19. The van der Waals surface area contributed by atoms with Crippen molar-refractivity contribution in [3.8, 4) is 0 Å². The van der Waals surface area contributed by atoms with E-state index in [1.165, 1.54) is 19.4 Å². The van der Waals surface area contributed by atoms with Gasteiger partial charge in [0, 0.05) is 18.3 Å². The van der Waals surface area contributed by atoms with Crippen LogP contribution in [0.2, 0.25) is 0 Å². The Morgan fingerprint density at radius 1 is 1.26 bits per heavy atom. The molecule has 1 heterocycles. The maximum atomic E-state index is 11.9. The standard InChI is InChI=1S/C13H14N4O2/c1-8-3-4-10(16-9(2)18)5-11(8)17-13(19)12-6-14-7-15-12/h3-7H,1-2H3,(H,14,15)(H,16,18)(H,17,19). The van der Waals surface area contributed by atoms with E-state index in [0.29, 0.717) is 17.1 Å². The molecule has 2 aromatic rings. The zero-order valence-corrected chi connectivity index (χ0v) is 10.7. The van der Waals surface area contributed by atoms with Gasteiger partial charge < -0.3 is 15.6 Å². The number of rotatable bonds is 3. The highest BCUT2D eigenvalue weighted by Crippen LogP contribution is 2.20. The maximum absolute atomic E-state index is 11.9. The van der Waals surface area contributed by atoms with E-state index in [0.717, 1.165) is 5.56 Å². The third-order valence-corrected chi connectivity index (χ3v) is 2.55. The smallest absolute Gasteiger partial charge is 0.273 e. The van der Waals surface area contributed by atoms with Crippen molar-refractivity contribution in [2.24, 2.45) is 0 Å². The minimum absolute atomic E-state index is 0.158. The molecule has 6 heteroatoms. The lowest BCUT2D eigenvalue weighted by molar-refractivity contribution is -0.114. The van der Waals surface area contributed by atoms with Crippen molar-refractivity contribution in [2.75, 3.05) is 10.6 Å². The second kappa shape index (κ2) is 5.34. The van der Waals surface area contributed by atoms with Crippen molar-refractivity contribution in [2.45, 2.75) is 13.8 Å². The molecule has 0 unspecified atom stereocenters. The second-order valence-corrected chi connectivity index (χ2v) is 4.13. The Hall–Kier alpha value is -2.63. The van der Waals surface area contributed by atoms with Crippen LogP contribution in [-0.2, 0) is 4.79 Å². The van der Waals surface area contributed by atoms with Gasteiger partial charge in [-0.05, 0) is 24.6 Å². The summed E-state index contributed by atoms with van der Waals surface area (Å²) >= 11 is 0. The molecule has 0 saturated carbocycles. The molecular formula is C13H14N4O2. The first-order chi connectivity index (χ1) is 9.06. The minimum atomic E-state index is -0.277. The third kappa shape index (κ3) is 3.19. The molecular weight excluding hydrogens is 244 g/mol. The van der Waals surface area contributed by atoms with Gasteiger partial charge in [-0.15, -0.1) is 0 Å². The van der Waals surface area contributed by atoms with E-state index >= 15 is 0 Å². The van der Waals surface area contributed by atoms with E-state index in [1.807, 2.05) is 13.0 Å². The molecule has 0 radical (unpaired) electrons. The van der Waals surface area contributed by atoms with Crippen molar-refractivity contribution in [1.82, 2.24) is 9.97 Å². The predicted octanol–water partition coefficient (Wildman–Crippen LogP) is 1.93. The SMILES string of the molecule is CC(=O)Nc1ccc(C)c(NC(=O)c2cnc[nH]2)c1. The first kappa shape index (κ1) is 12.8. The topological polar surface area (TPSA) is 86.9 Å². The molecule has 0 aliphatic carbocycles. The number of carbonyl (C=O) groups excluding carboxylic acids is 2. The molecule has 1 aromatic heterocycles. The van der Waals surface area contributed by atoms with E-state index in [9.17, 15) is 9.59 Å². The van der Waals surface area contributed by atoms with Gasteiger partial charge in [-0.25, -0.2) is 4.98 Å². The largest absolute Gasteiger partial charge is 0.341 e. The number of amides is 2. The molecule has 98 valence electrons. The molecule has 3 N–H and O–H groups in total. The molecule has 2 rings (SSSR count). The zero-order chi connectivity index (χ0) is 13.8. The van der Waals surface area contributed by atoms with Crippen LogP contribution in [0, 0.1) is 6.92 Å². The third-order valence-electron chi connectivity index (χ3n) is 2.55. The molecule has 2 amide bonds. The average Bonchev–Trinajstić information content (AvgIpc) is 2.86. The molecule has 6 nitrogen and oxygen atoms in total. The Morgan fingerprint density at radius 3 is 2.68 bits per heavy atom. The highest BCUT2D eigenvalue weighted by atomic mass is 16.2. The first-order valence-corrected chi connectivity index (χ1v) is 5.74. The lowest BCUT2D eigenvalue weighted by Gasteiger charge is -2.10. The number of imidazole rings is 1. The van der Waals surface area contributed by atoms with Crippen molar-refractivity contribution >= 4 is 23.2 Å². The quantitative estimate of drug-likeness (QED) is 0.786. The zero-order valence-electron chi connectivity index (χ0n) is 10.7. The summed E-state index contributed by atoms with van der Waals surface area (Å²) < 4.78 is 0. The summed E-state index contributed by atoms with van der Waals surface area (Å²) in [6.45, 7) is 3.31. The number of hydrogen-bond donors (Lipinski definition) is 3. The van der Waals surface area contributed by atoms with Crippen LogP contribution in [0.25, 0.3) is 0 Å². The van der Waals surface area contributed by atoms with Gasteiger partial charge in [-0.2, -0.15) is 0 Å². The summed E-state index contributed by atoms with van der Waals surface area (Å²) in [5.41, 5.74) is 2.56. The Kier molecular flexibility index (Phi) is 3.61. The minimum Gasteiger partial charge on any atom is -0.341 e. The van der Waals surface area contributed by atoms with Crippen LogP contribution in [0.5, 0.6) is 0 Å². The fraction of sp³-hybridized carbons (Fsp3) is 0.154. The van der Waals surface area contributed by atoms with Crippen molar-refractivity contribution < 1.29 is 9.59 Å². The number of aromatic nitrogens is 2. The van der Waals surface area contributed by atoms with Crippen LogP contribution in [0.1, 0.15) is 23.0 Å². The van der Waals surface area contributed by atoms with E-state index in [4.69, 9.17) is 0 Å². The lowest BCUT2D eigenvalue weighted by Crippen LogP contribution is -2.14. The Bertz CT molecular complexity index is 605. The second-order valence-electron chi connectivity index (χ2n) is 4.13.